The molecule has 116 valence electrons. The van der Waals surface area contributed by atoms with Crippen LogP contribution in [0.1, 0.15) is 37.7 Å². The minimum atomic E-state index is -1.01. The number of hydrogen-bond donors (Lipinski definition) is 2. The Morgan fingerprint density at radius 2 is 1.86 bits per heavy atom. The van der Waals surface area contributed by atoms with E-state index in [1.165, 1.54) is 4.57 Å². The summed E-state index contributed by atoms with van der Waals surface area (Å²) >= 11 is 0. The van der Waals surface area contributed by atoms with Gasteiger partial charge in [-0.25, -0.2) is 4.79 Å². The molecule has 0 unspecified atom stereocenters. The van der Waals surface area contributed by atoms with E-state index in [-0.39, 0.29) is 18.9 Å². The highest BCUT2D eigenvalue weighted by Crippen LogP contribution is 2.10. The van der Waals surface area contributed by atoms with Crippen LogP contribution in [0, 0.1) is 13.8 Å². The summed E-state index contributed by atoms with van der Waals surface area (Å²) in [6.07, 6.45) is -0.230. The molecule has 0 bridgehead atoms. The Morgan fingerprint density at radius 1 is 1.29 bits per heavy atom. The molecule has 0 aromatic carbocycles. The molecule has 0 spiro atoms. The average molecular weight is 295 g/mol. The lowest BCUT2D eigenvalue weighted by Crippen LogP contribution is -2.44. The first-order valence-electron chi connectivity index (χ1n) is 6.61. The van der Waals surface area contributed by atoms with Crippen molar-refractivity contribution in [1.29, 1.82) is 0 Å². The van der Waals surface area contributed by atoms with E-state index in [0.29, 0.717) is 17.0 Å². The molecule has 1 amide bonds. The average Bonchev–Trinajstić information content (AvgIpc) is 2.27. The van der Waals surface area contributed by atoms with Gasteiger partial charge in [-0.1, -0.05) is 0 Å². The summed E-state index contributed by atoms with van der Waals surface area (Å²) in [6, 6.07) is 0. The van der Waals surface area contributed by atoms with E-state index in [4.69, 9.17) is 5.11 Å². The predicted octanol–water partition coefficient (Wildman–Crippen LogP) is 0.402. The summed E-state index contributed by atoms with van der Waals surface area (Å²) in [5.74, 6) is -1.33. The van der Waals surface area contributed by atoms with E-state index in [9.17, 15) is 14.4 Å². The Kier molecular flexibility index (Phi) is 4.88. The molecule has 0 aliphatic rings. The molecule has 1 aromatic heterocycles. The van der Waals surface area contributed by atoms with Crippen molar-refractivity contribution in [2.75, 3.05) is 0 Å². The molecule has 0 fully saturated rings. The van der Waals surface area contributed by atoms with E-state index in [0.717, 1.165) is 0 Å². The van der Waals surface area contributed by atoms with Gasteiger partial charge in [0.15, 0.2) is 0 Å². The lowest BCUT2D eigenvalue weighted by Gasteiger charge is -2.21. The highest BCUT2D eigenvalue weighted by molar-refractivity contribution is 5.76. The van der Waals surface area contributed by atoms with Gasteiger partial charge in [-0.3, -0.25) is 14.2 Å². The van der Waals surface area contributed by atoms with E-state index in [1.54, 1.807) is 13.8 Å². The van der Waals surface area contributed by atoms with Gasteiger partial charge in [0.05, 0.1) is 6.42 Å². The van der Waals surface area contributed by atoms with Crippen LogP contribution in [0.3, 0.4) is 0 Å². The van der Waals surface area contributed by atoms with Crippen molar-refractivity contribution < 1.29 is 14.7 Å². The minimum Gasteiger partial charge on any atom is -0.481 e. The summed E-state index contributed by atoms with van der Waals surface area (Å²) in [7, 11) is 0. The summed E-state index contributed by atoms with van der Waals surface area (Å²) in [5.41, 5.74) is 0.344. The normalized spacial score (nSPS) is 11.3. The third-order valence-electron chi connectivity index (χ3n) is 2.92. The van der Waals surface area contributed by atoms with Gasteiger partial charge in [0.25, 0.3) is 0 Å². The van der Waals surface area contributed by atoms with Gasteiger partial charge in [0.1, 0.15) is 6.54 Å². The summed E-state index contributed by atoms with van der Waals surface area (Å²) in [6.45, 7) is 8.55. The lowest BCUT2D eigenvalue weighted by molar-refractivity contribution is -0.136. The molecule has 0 saturated heterocycles. The number of carbonyl (C=O) groups excluding carboxylic acids is 1. The van der Waals surface area contributed by atoms with Crippen molar-refractivity contribution in [1.82, 2.24) is 14.9 Å². The molecule has 2 N–H and O–H groups in total. The van der Waals surface area contributed by atoms with Crippen LogP contribution < -0.4 is 11.0 Å². The second-order valence-corrected chi connectivity index (χ2v) is 6.00. The van der Waals surface area contributed by atoms with Crippen LogP contribution in [0.15, 0.2) is 4.79 Å². The van der Waals surface area contributed by atoms with E-state index >= 15 is 0 Å². The SMILES string of the molecule is Cc1nc(=O)n(CC(=O)NC(C)(C)C)c(C)c1CC(=O)O. The zero-order chi connectivity index (χ0) is 16.4. The predicted molar refractivity (Wildman–Crippen MR) is 77.2 cm³/mol. The summed E-state index contributed by atoms with van der Waals surface area (Å²) < 4.78 is 1.20. The van der Waals surface area contributed by atoms with Crippen LogP contribution in [-0.4, -0.2) is 32.1 Å². The quantitative estimate of drug-likeness (QED) is 0.837. The first-order valence-corrected chi connectivity index (χ1v) is 6.61. The number of hydrogen-bond acceptors (Lipinski definition) is 4. The van der Waals surface area contributed by atoms with E-state index < -0.39 is 17.2 Å². The number of carboxylic acid groups (broad SMARTS) is 1. The van der Waals surface area contributed by atoms with Crippen molar-refractivity contribution in [2.24, 2.45) is 0 Å². The fourth-order valence-electron chi connectivity index (χ4n) is 2.03. The van der Waals surface area contributed by atoms with E-state index in [2.05, 4.69) is 10.3 Å². The third kappa shape index (κ3) is 4.70. The van der Waals surface area contributed by atoms with Crippen molar-refractivity contribution in [3.8, 4) is 0 Å². The van der Waals surface area contributed by atoms with Crippen molar-refractivity contribution in [3.63, 3.8) is 0 Å². The van der Waals surface area contributed by atoms with E-state index in [1.807, 2.05) is 20.8 Å². The maximum Gasteiger partial charge on any atom is 0.348 e. The molecular weight excluding hydrogens is 274 g/mol. The van der Waals surface area contributed by atoms with Gasteiger partial charge >= 0.3 is 11.7 Å². The van der Waals surface area contributed by atoms with Gasteiger partial charge < -0.3 is 10.4 Å². The van der Waals surface area contributed by atoms with Gasteiger partial charge in [-0.15, -0.1) is 0 Å². The Morgan fingerprint density at radius 3 is 2.33 bits per heavy atom. The Balaban J connectivity index is 3.16. The minimum absolute atomic E-state index is 0.179. The molecule has 7 heteroatoms. The second kappa shape index (κ2) is 6.07. The number of amides is 1. The Bertz CT molecular complexity index is 626. The van der Waals surface area contributed by atoms with Crippen molar-refractivity contribution >= 4 is 11.9 Å². The molecule has 1 aromatic rings. The molecule has 7 nitrogen and oxygen atoms in total. The first kappa shape index (κ1) is 16.9. The zero-order valence-electron chi connectivity index (χ0n) is 13.0. The number of rotatable bonds is 4. The van der Waals surface area contributed by atoms with Crippen LogP contribution in [-0.2, 0) is 22.6 Å². The number of aryl methyl sites for hydroxylation is 1. The number of carbonyl (C=O) groups is 2. The maximum atomic E-state index is 11.9. The van der Waals surface area contributed by atoms with Crippen molar-refractivity contribution in [2.45, 2.75) is 53.1 Å². The third-order valence-corrected chi connectivity index (χ3v) is 2.92. The van der Waals surface area contributed by atoms with Crippen LogP contribution in [0.2, 0.25) is 0 Å². The van der Waals surface area contributed by atoms with Crippen LogP contribution in [0.25, 0.3) is 0 Å². The molecule has 1 heterocycles. The van der Waals surface area contributed by atoms with Gasteiger partial charge in [0.2, 0.25) is 5.91 Å². The fourth-order valence-corrected chi connectivity index (χ4v) is 2.03. The highest BCUT2D eigenvalue weighted by Gasteiger charge is 2.18. The number of carboxylic acids is 1. The molecule has 0 radical (unpaired) electrons. The monoisotopic (exact) mass is 295 g/mol. The Labute approximate surface area is 123 Å². The first-order chi connectivity index (χ1) is 9.51. The highest BCUT2D eigenvalue weighted by atomic mass is 16.4. The van der Waals surface area contributed by atoms with Gasteiger partial charge in [0, 0.05) is 22.5 Å². The van der Waals surface area contributed by atoms with Crippen LogP contribution >= 0.6 is 0 Å². The van der Waals surface area contributed by atoms with Crippen molar-refractivity contribution in [3.05, 3.63) is 27.4 Å². The number of aromatic nitrogens is 2. The topological polar surface area (TPSA) is 101 Å². The summed E-state index contributed by atoms with van der Waals surface area (Å²) in [4.78, 5) is 38.5. The lowest BCUT2D eigenvalue weighted by atomic mass is 10.1. The van der Waals surface area contributed by atoms with Crippen LogP contribution in [0.5, 0.6) is 0 Å². The Hall–Kier alpha value is -2.18. The molecule has 1 rings (SSSR count). The zero-order valence-corrected chi connectivity index (χ0v) is 13.0. The van der Waals surface area contributed by atoms with Crippen LogP contribution in [0.4, 0.5) is 0 Å². The maximum absolute atomic E-state index is 11.9. The van der Waals surface area contributed by atoms with Gasteiger partial charge in [-0.05, 0) is 34.6 Å². The molecule has 0 atom stereocenters. The van der Waals surface area contributed by atoms with Gasteiger partial charge in [-0.2, -0.15) is 4.98 Å². The second-order valence-electron chi connectivity index (χ2n) is 6.00. The fraction of sp³-hybridized carbons (Fsp3) is 0.571. The number of nitrogens with one attached hydrogen (secondary N) is 1. The summed E-state index contributed by atoms with van der Waals surface area (Å²) in [5, 5.41) is 11.7. The smallest absolute Gasteiger partial charge is 0.348 e. The molecule has 0 aliphatic carbocycles. The molecule has 21 heavy (non-hydrogen) atoms. The largest absolute Gasteiger partial charge is 0.481 e. The number of aliphatic carboxylic acids is 1. The standard InChI is InChI=1S/C14H21N3O4/c1-8-10(6-12(19)20)9(2)17(13(21)15-8)7-11(18)16-14(3,4)5/h6-7H2,1-5H3,(H,16,18)(H,19,20). The molecule has 0 aliphatic heterocycles. The molecular formula is C14H21N3O4. The molecule has 0 saturated carbocycles. The number of nitrogens with zero attached hydrogens (tertiary/aromatic N) is 2.